The number of rotatable bonds is 8. The molecule has 1 aliphatic heterocycles. The third kappa shape index (κ3) is 6.84. The van der Waals surface area contributed by atoms with E-state index in [-0.39, 0.29) is 5.96 Å². The van der Waals surface area contributed by atoms with Gasteiger partial charge in [0.15, 0.2) is 0 Å². The molecule has 1 aliphatic rings. The van der Waals surface area contributed by atoms with E-state index in [4.69, 9.17) is 15.9 Å². The lowest BCUT2D eigenvalue weighted by Gasteiger charge is -2.30. The van der Waals surface area contributed by atoms with Crippen molar-refractivity contribution in [1.82, 2.24) is 4.90 Å². The number of benzene rings is 1. The van der Waals surface area contributed by atoms with Crippen LogP contribution in [0, 0.1) is 17.1 Å². The van der Waals surface area contributed by atoms with E-state index in [0.29, 0.717) is 29.3 Å². The van der Waals surface area contributed by atoms with Gasteiger partial charge in [-0.2, -0.15) is 0 Å². The van der Waals surface area contributed by atoms with Gasteiger partial charge in [0.05, 0.1) is 5.69 Å². The van der Waals surface area contributed by atoms with Crippen LogP contribution in [-0.4, -0.2) is 56.1 Å². The van der Waals surface area contributed by atoms with Gasteiger partial charge in [0, 0.05) is 43.8 Å². The molecule has 1 heterocycles. The zero-order valence-electron chi connectivity index (χ0n) is 16.2. The summed E-state index contributed by atoms with van der Waals surface area (Å²) in [6.45, 7) is 5.82. The van der Waals surface area contributed by atoms with Crippen LogP contribution in [0.25, 0.3) is 0 Å². The second-order valence-corrected chi connectivity index (χ2v) is 6.77. The molecular formula is C20H30FN5O. The average molecular weight is 375 g/mol. The fourth-order valence-corrected chi connectivity index (χ4v) is 3.14. The van der Waals surface area contributed by atoms with E-state index in [1.54, 1.807) is 13.2 Å². The van der Waals surface area contributed by atoms with Crippen molar-refractivity contribution in [3.05, 3.63) is 29.6 Å². The zero-order chi connectivity index (χ0) is 19.6. The predicted molar refractivity (Wildman–Crippen MR) is 109 cm³/mol. The summed E-state index contributed by atoms with van der Waals surface area (Å²) < 4.78 is 18.7. The molecule has 0 amide bonds. The molecule has 1 fully saturated rings. The summed E-state index contributed by atoms with van der Waals surface area (Å²) in [5.74, 6) is 0.0608. The molecule has 27 heavy (non-hydrogen) atoms. The maximum absolute atomic E-state index is 13.6. The van der Waals surface area contributed by atoms with Gasteiger partial charge in [-0.05, 0) is 56.8 Å². The quantitative estimate of drug-likeness (QED) is 0.415. The highest BCUT2D eigenvalue weighted by atomic mass is 19.1. The SMILES string of the molecule is CCC(=N)c1ccc(F)cc1N=C(N)/N=C/C1CCN(CCCOC)CC1. The Morgan fingerprint density at radius 2 is 2.15 bits per heavy atom. The number of methoxy groups -OCH3 is 1. The largest absolute Gasteiger partial charge is 0.385 e. The van der Waals surface area contributed by atoms with Gasteiger partial charge in [-0.25, -0.2) is 14.4 Å². The number of piperidine rings is 1. The van der Waals surface area contributed by atoms with E-state index >= 15 is 0 Å². The minimum Gasteiger partial charge on any atom is -0.385 e. The number of likely N-dealkylation sites (tertiary alicyclic amines) is 1. The average Bonchev–Trinajstić information content (AvgIpc) is 2.67. The molecule has 0 unspecified atom stereocenters. The monoisotopic (exact) mass is 375 g/mol. The van der Waals surface area contributed by atoms with E-state index in [1.165, 1.54) is 12.1 Å². The molecule has 0 atom stereocenters. The maximum atomic E-state index is 13.6. The summed E-state index contributed by atoms with van der Waals surface area (Å²) in [6, 6.07) is 4.19. The van der Waals surface area contributed by atoms with Crippen LogP contribution in [0.1, 0.15) is 38.2 Å². The minimum atomic E-state index is -0.404. The van der Waals surface area contributed by atoms with Crippen LogP contribution in [-0.2, 0) is 4.74 Å². The van der Waals surface area contributed by atoms with Gasteiger partial charge in [-0.3, -0.25) is 0 Å². The van der Waals surface area contributed by atoms with Gasteiger partial charge in [0.1, 0.15) is 5.82 Å². The van der Waals surface area contributed by atoms with Crippen LogP contribution < -0.4 is 5.73 Å². The molecule has 1 aromatic carbocycles. The van der Waals surface area contributed by atoms with E-state index in [2.05, 4.69) is 14.9 Å². The number of halogens is 1. The summed E-state index contributed by atoms with van der Waals surface area (Å²) in [7, 11) is 1.73. The van der Waals surface area contributed by atoms with Gasteiger partial charge in [-0.1, -0.05) is 6.92 Å². The van der Waals surface area contributed by atoms with Gasteiger partial charge in [-0.15, -0.1) is 0 Å². The summed E-state index contributed by atoms with van der Waals surface area (Å²) >= 11 is 0. The van der Waals surface area contributed by atoms with Crippen molar-refractivity contribution in [2.45, 2.75) is 32.6 Å². The molecule has 148 valence electrons. The third-order valence-corrected chi connectivity index (χ3v) is 4.75. The highest BCUT2D eigenvalue weighted by Crippen LogP contribution is 2.22. The molecule has 0 radical (unpaired) electrons. The third-order valence-electron chi connectivity index (χ3n) is 4.75. The first-order valence-electron chi connectivity index (χ1n) is 9.50. The van der Waals surface area contributed by atoms with Crippen molar-refractivity contribution in [1.29, 1.82) is 5.41 Å². The number of nitrogens with two attached hydrogens (primary N) is 1. The number of hydrogen-bond donors (Lipinski definition) is 2. The number of aliphatic imine (C=N–C) groups is 2. The van der Waals surface area contributed by atoms with Crippen LogP contribution in [0.5, 0.6) is 0 Å². The topological polar surface area (TPSA) is 87.1 Å². The summed E-state index contributed by atoms with van der Waals surface area (Å²) in [6.07, 6.45) is 5.53. The first-order valence-corrected chi connectivity index (χ1v) is 9.50. The Labute approximate surface area is 160 Å². The van der Waals surface area contributed by atoms with Gasteiger partial charge in [0.2, 0.25) is 5.96 Å². The molecule has 0 spiro atoms. The van der Waals surface area contributed by atoms with Crippen molar-refractivity contribution in [3.8, 4) is 0 Å². The number of guanidine groups is 1. The lowest BCUT2D eigenvalue weighted by molar-refractivity contribution is 0.157. The Morgan fingerprint density at radius 3 is 2.81 bits per heavy atom. The minimum absolute atomic E-state index is 0.0910. The molecule has 7 heteroatoms. The second kappa shape index (κ2) is 10.9. The van der Waals surface area contributed by atoms with Crippen LogP contribution in [0.2, 0.25) is 0 Å². The van der Waals surface area contributed by atoms with Crippen molar-refractivity contribution >= 4 is 23.6 Å². The Balaban J connectivity index is 1.94. The molecule has 6 nitrogen and oxygen atoms in total. The van der Waals surface area contributed by atoms with E-state index in [9.17, 15) is 4.39 Å². The van der Waals surface area contributed by atoms with Crippen LogP contribution in [0.4, 0.5) is 10.1 Å². The Bertz CT molecular complexity index is 681. The molecule has 1 saturated heterocycles. The maximum Gasteiger partial charge on any atom is 0.220 e. The van der Waals surface area contributed by atoms with Crippen LogP contribution >= 0.6 is 0 Å². The molecule has 2 rings (SSSR count). The van der Waals surface area contributed by atoms with Crippen LogP contribution in [0.3, 0.4) is 0 Å². The highest BCUT2D eigenvalue weighted by molar-refractivity contribution is 6.03. The molecule has 0 saturated carbocycles. The zero-order valence-corrected chi connectivity index (χ0v) is 16.2. The highest BCUT2D eigenvalue weighted by Gasteiger charge is 2.17. The molecule has 0 aliphatic carbocycles. The fourth-order valence-electron chi connectivity index (χ4n) is 3.14. The summed E-state index contributed by atoms with van der Waals surface area (Å²) in [4.78, 5) is 10.9. The summed E-state index contributed by atoms with van der Waals surface area (Å²) in [5, 5.41) is 7.99. The number of nitrogens with zero attached hydrogens (tertiary/aromatic N) is 3. The van der Waals surface area contributed by atoms with E-state index < -0.39 is 5.82 Å². The van der Waals surface area contributed by atoms with Crippen LogP contribution in [0.15, 0.2) is 28.2 Å². The lowest BCUT2D eigenvalue weighted by Crippen LogP contribution is -2.35. The molecular weight excluding hydrogens is 345 g/mol. The molecule has 0 aromatic heterocycles. The van der Waals surface area contributed by atoms with E-state index in [0.717, 1.165) is 45.5 Å². The summed E-state index contributed by atoms with van der Waals surface area (Å²) in [5.41, 5.74) is 7.26. The standard InChI is InChI=1S/C20H30FN5O/c1-3-18(22)17-6-5-16(21)13-19(17)25-20(23)24-14-15-7-10-26(11-8-15)9-4-12-27-2/h5-6,13-15,22H,3-4,7-12H2,1-2H3,(H2,23,25)/b22-18?,24-14+. The van der Waals surface area contributed by atoms with Crippen molar-refractivity contribution in [2.75, 3.05) is 33.4 Å². The fraction of sp³-hybridized carbons (Fsp3) is 0.550. The number of ether oxygens (including phenoxy) is 1. The van der Waals surface area contributed by atoms with E-state index in [1.807, 2.05) is 13.1 Å². The van der Waals surface area contributed by atoms with Crippen molar-refractivity contribution < 1.29 is 9.13 Å². The number of hydrogen-bond acceptors (Lipinski definition) is 4. The molecule has 1 aromatic rings. The van der Waals surface area contributed by atoms with Gasteiger partial charge >= 0.3 is 0 Å². The smallest absolute Gasteiger partial charge is 0.220 e. The first-order chi connectivity index (χ1) is 13.0. The second-order valence-electron chi connectivity index (χ2n) is 6.77. The Hall–Kier alpha value is -2.12. The molecule has 3 N–H and O–H groups in total. The Morgan fingerprint density at radius 1 is 1.41 bits per heavy atom. The number of nitrogens with one attached hydrogen (secondary N) is 1. The first kappa shape index (κ1) is 21.2. The van der Waals surface area contributed by atoms with Gasteiger partial charge in [0.25, 0.3) is 0 Å². The van der Waals surface area contributed by atoms with Crippen molar-refractivity contribution in [3.63, 3.8) is 0 Å². The van der Waals surface area contributed by atoms with Gasteiger partial charge < -0.3 is 20.8 Å². The molecule has 0 bridgehead atoms. The normalized spacial score (nSPS) is 16.9. The van der Waals surface area contributed by atoms with Crippen molar-refractivity contribution in [2.24, 2.45) is 21.6 Å². The predicted octanol–water partition coefficient (Wildman–Crippen LogP) is 3.37. The lowest BCUT2D eigenvalue weighted by atomic mass is 9.98. The Kier molecular flexibility index (Phi) is 8.54.